The predicted octanol–water partition coefficient (Wildman–Crippen LogP) is 8.43. The number of benzene rings is 3. The molecule has 3 aromatic carbocycles. The summed E-state index contributed by atoms with van der Waals surface area (Å²) in [6, 6.07) is 15.8. The van der Waals surface area contributed by atoms with Gasteiger partial charge < -0.3 is 5.11 Å². The number of rotatable bonds is 4. The Hall–Kier alpha value is -4.25. The number of fused-ring (bicyclic) bond motifs is 1. The molecule has 0 spiro atoms. The van der Waals surface area contributed by atoms with Crippen molar-refractivity contribution in [3.05, 3.63) is 94.9 Å². The third kappa shape index (κ3) is 4.97. The number of carboxylic acids is 1. The first-order valence-corrected chi connectivity index (χ1v) is 11.8. The highest BCUT2D eigenvalue weighted by atomic mass is 32.1. The smallest absolute Gasteiger partial charge is 0.416 e. The fourth-order valence-corrected chi connectivity index (χ4v) is 4.76. The Labute approximate surface area is 214 Å². The van der Waals surface area contributed by atoms with Crippen molar-refractivity contribution < 1.29 is 36.2 Å². The number of carbonyl (C=O) groups is 1. The van der Waals surface area contributed by atoms with E-state index >= 15 is 0 Å². The molecule has 1 N–H and O–H groups in total. The second-order valence-corrected chi connectivity index (χ2v) is 9.15. The third-order valence-electron chi connectivity index (χ3n) is 5.76. The minimum absolute atomic E-state index is 0.0383. The molecular weight excluding hydrogens is 530 g/mol. The van der Waals surface area contributed by atoms with Crippen LogP contribution in [0.5, 0.6) is 0 Å². The van der Waals surface area contributed by atoms with Crippen molar-refractivity contribution in [2.45, 2.75) is 12.4 Å². The van der Waals surface area contributed by atoms with Crippen molar-refractivity contribution in [2.75, 3.05) is 0 Å². The summed E-state index contributed by atoms with van der Waals surface area (Å²) in [5.74, 6) is -1.08. The van der Waals surface area contributed by atoms with E-state index in [1.54, 1.807) is 47.8 Å². The van der Waals surface area contributed by atoms with Crippen LogP contribution in [0.2, 0.25) is 0 Å². The zero-order valence-electron chi connectivity index (χ0n) is 18.9. The first kappa shape index (κ1) is 25.4. The maximum atomic E-state index is 13.3. The molecule has 0 saturated heterocycles. The van der Waals surface area contributed by atoms with Gasteiger partial charge in [-0.2, -0.15) is 26.3 Å². The number of nitrogens with zero attached hydrogens (tertiary/aromatic N) is 2. The van der Waals surface area contributed by atoms with E-state index in [-0.39, 0.29) is 22.9 Å². The summed E-state index contributed by atoms with van der Waals surface area (Å²) in [6.45, 7) is 0. The zero-order chi connectivity index (χ0) is 27.2. The van der Waals surface area contributed by atoms with Crippen molar-refractivity contribution in [2.24, 2.45) is 0 Å². The van der Waals surface area contributed by atoms with Crippen LogP contribution in [-0.4, -0.2) is 21.0 Å². The fraction of sp³-hybridized carbons (Fsp3) is 0.0741. The van der Waals surface area contributed by atoms with Gasteiger partial charge in [-0.3, -0.25) is 0 Å². The highest BCUT2D eigenvalue weighted by Crippen LogP contribution is 2.39. The van der Waals surface area contributed by atoms with Gasteiger partial charge >= 0.3 is 18.3 Å². The monoisotopic (exact) mass is 544 g/mol. The van der Waals surface area contributed by atoms with Gasteiger partial charge in [-0.05, 0) is 48.5 Å². The van der Waals surface area contributed by atoms with Gasteiger partial charge in [0.1, 0.15) is 5.01 Å². The van der Waals surface area contributed by atoms with Crippen molar-refractivity contribution >= 4 is 28.2 Å². The highest BCUT2D eigenvalue weighted by molar-refractivity contribution is 7.13. The van der Waals surface area contributed by atoms with Gasteiger partial charge in [0.15, 0.2) is 0 Å². The molecule has 0 amide bonds. The van der Waals surface area contributed by atoms with E-state index in [4.69, 9.17) is 0 Å². The highest BCUT2D eigenvalue weighted by Gasteiger charge is 2.37. The Bertz CT molecular complexity index is 1660. The average Bonchev–Trinajstić information content (AvgIpc) is 3.37. The van der Waals surface area contributed by atoms with Gasteiger partial charge in [-0.25, -0.2) is 14.8 Å². The standard InChI is InChI=1S/C27H14F6N2O2S/c28-26(29,30)17-10-16(11-18(12-17)27(31,32)33)22-7-5-14-9-15(6-8-21(14)34-22)24-35-23(13-38-24)19-3-1-2-4-20(19)25(36)37/h1-13H,(H,36,37). The molecule has 0 atom stereocenters. The van der Waals surface area contributed by atoms with Crippen LogP contribution < -0.4 is 0 Å². The van der Waals surface area contributed by atoms with E-state index in [2.05, 4.69) is 9.97 Å². The van der Waals surface area contributed by atoms with Gasteiger partial charge in [0.2, 0.25) is 0 Å². The normalized spacial score (nSPS) is 12.2. The predicted molar refractivity (Wildman–Crippen MR) is 131 cm³/mol. The molecule has 0 bridgehead atoms. The average molecular weight is 544 g/mol. The van der Waals surface area contributed by atoms with Gasteiger partial charge in [0, 0.05) is 27.5 Å². The summed E-state index contributed by atoms with van der Waals surface area (Å²) in [5, 5.41) is 12.4. The molecule has 0 fully saturated rings. The molecule has 0 unspecified atom stereocenters. The molecule has 5 rings (SSSR count). The number of alkyl halides is 6. The molecule has 4 nitrogen and oxygen atoms in total. The number of aromatic carboxylic acids is 1. The number of pyridine rings is 1. The third-order valence-corrected chi connectivity index (χ3v) is 6.65. The largest absolute Gasteiger partial charge is 0.478 e. The summed E-state index contributed by atoms with van der Waals surface area (Å²) in [6.07, 6.45) is -9.92. The molecule has 0 radical (unpaired) electrons. The van der Waals surface area contributed by atoms with E-state index in [0.29, 0.717) is 44.9 Å². The number of hydrogen-bond acceptors (Lipinski definition) is 4. The van der Waals surface area contributed by atoms with Crippen LogP contribution in [0.15, 0.2) is 78.2 Å². The van der Waals surface area contributed by atoms with Crippen LogP contribution in [0.4, 0.5) is 26.3 Å². The zero-order valence-corrected chi connectivity index (χ0v) is 19.7. The topological polar surface area (TPSA) is 63.1 Å². The van der Waals surface area contributed by atoms with E-state index in [9.17, 15) is 36.2 Å². The van der Waals surface area contributed by atoms with Crippen LogP contribution >= 0.6 is 11.3 Å². The van der Waals surface area contributed by atoms with Crippen molar-refractivity contribution in [3.63, 3.8) is 0 Å². The maximum absolute atomic E-state index is 13.3. The molecule has 192 valence electrons. The molecule has 2 aromatic heterocycles. The Morgan fingerprint density at radius 1 is 0.737 bits per heavy atom. The van der Waals surface area contributed by atoms with Crippen LogP contribution in [0.3, 0.4) is 0 Å². The minimum Gasteiger partial charge on any atom is -0.478 e. The van der Waals surface area contributed by atoms with Gasteiger partial charge in [0.25, 0.3) is 0 Å². The Morgan fingerprint density at radius 2 is 1.42 bits per heavy atom. The van der Waals surface area contributed by atoms with Gasteiger partial charge in [0.05, 0.1) is 33.6 Å². The molecule has 0 aliphatic carbocycles. The lowest BCUT2D eigenvalue weighted by atomic mass is 10.0. The van der Waals surface area contributed by atoms with Crippen LogP contribution in [-0.2, 0) is 12.4 Å². The van der Waals surface area contributed by atoms with E-state index in [1.807, 2.05) is 0 Å². The molecule has 5 aromatic rings. The van der Waals surface area contributed by atoms with Crippen molar-refractivity contribution in [1.82, 2.24) is 9.97 Å². The van der Waals surface area contributed by atoms with Crippen LogP contribution in [0, 0.1) is 0 Å². The second kappa shape index (κ2) is 9.25. The van der Waals surface area contributed by atoms with Crippen LogP contribution in [0.25, 0.3) is 44.0 Å². The Morgan fingerprint density at radius 3 is 2.08 bits per heavy atom. The summed E-state index contributed by atoms with van der Waals surface area (Å²) in [7, 11) is 0. The van der Waals surface area contributed by atoms with E-state index in [0.717, 1.165) is 0 Å². The van der Waals surface area contributed by atoms with E-state index in [1.165, 1.54) is 23.5 Å². The molecule has 38 heavy (non-hydrogen) atoms. The number of aromatic nitrogens is 2. The Balaban J connectivity index is 1.52. The number of carboxylic acid groups (broad SMARTS) is 1. The molecule has 2 heterocycles. The van der Waals surface area contributed by atoms with Crippen molar-refractivity contribution in [3.8, 4) is 33.1 Å². The minimum atomic E-state index is -4.96. The molecule has 11 heteroatoms. The lowest BCUT2D eigenvalue weighted by Crippen LogP contribution is -2.11. The second-order valence-electron chi connectivity index (χ2n) is 8.29. The van der Waals surface area contributed by atoms with E-state index < -0.39 is 29.4 Å². The SMILES string of the molecule is O=C(O)c1ccccc1-c1csc(-c2ccc3nc(-c4cc(C(F)(F)F)cc(C(F)(F)F)c4)ccc3c2)n1. The lowest BCUT2D eigenvalue weighted by Gasteiger charge is -2.14. The molecule has 0 saturated carbocycles. The quantitative estimate of drug-likeness (QED) is 0.231. The van der Waals surface area contributed by atoms with Gasteiger partial charge in [-0.15, -0.1) is 11.3 Å². The first-order valence-electron chi connectivity index (χ1n) is 10.9. The summed E-state index contributed by atoms with van der Waals surface area (Å²) >= 11 is 1.30. The maximum Gasteiger partial charge on any atom is 0.416 e. The Kier molecular flexibility index (Phi) is 6.18. The first-order chi connectivity index (χ1) is 17.9. The molecular formula is C27H14F6N2O2S. The summed E-state index contributed by atoms with van der Waals surface area (Å²) in [5.41, 5.74) is -1.05. The van der Waals surface area contributed by atoms with Crippen LogP contribution in [0.1, 0.15) is 21.5 Å². The summed E-state index contributed by atoms with van der Waals surface area (Å²) in [4.78, 5) is 20.4. The lowest BCUT2D eigenvalue weighted by molar-refractivity contribution is -0.143. The summed E-state index contributed by atoms with van der Waals surface area (Å²) < 4.78 is 79.6. The molecule has 0 aliphatic heterocycles. The number of halogens is 6. The van der Waals surface area contributed by atoms with Crippen molar-refractivity contribution in [1.29, 1.82) is 0 Å². The number of thiazole rings is 1. The van der Waals surface area contributed by atoms with Gasteiger partial charge in [-0.1, -0.05) is 24.3 Å². The molecule has 0 aliphatic rings. The fourth-order valence-electron chi connectivity index (χ4n) is 3.95. The number of hydrogen-bond donors (Lipinski definition) is 1.